The minimum Gasteiger partial charge on any atom is -0.380 e. The molecule has 3 nitrogen and oxygen atoms in total. The molecule has 0 spiro atoms. The molecule has 1 fully saturated rings. The lowest BCUT2D eigenvalue weighted by molar-refractivity contribution is -0.118. The summed E-state index contributed by atoms with van der Waals surface area (Å²) in [6.07, 6.45) is 0. The van der Waals surface area contributed by atoms with E-state index in [9.17, 15) is 0 Å². The number of nitrogens with two attached hydrogens (primary N) is 1. The topological polar surface area (TPSA) is 38.5 Å². The second-order valence-electron chi connectivity index (χ2n) is 6.27. The highest BCUT2D eigenvalue weighted by Gasteiger charge is 2.38. The average Bonchev–Trinajstić information content (AvgIpc) is 2.34. The van der Waals surface area contributed by atoms with Gasteiger partial charge in [-0.25, -0.2) is 0 Å². The summed E-state index contributed by atoms with van der Waals surface area (Å²) in [5, 5.41) is 0. The van der Waals surface area contributed by atoms with Crippen molar-refractivity contribution in [3.63, 3.8) is 0 Å². The third kappa shape index (κ3) is 3.56. The Kier molecular flexibility index (Phi) is 4.61. The molecular weight excluding hydrogens is 236 g/mol. The van der Waals surface area contributed by atoms with Gasteiger partial charge in [0.1, 0.15) is 0 Å². The van der Waals surface area contributed by atoms with Crippen LogP contribution in [0.25, 0.3) is 0 Å². The highest BCUT2D eigenvalue weighted by atomic mass is 16.5. The van der Waals surface area contributed by atoms with Crippen LogP contribution in [0.5, 0.6) is 0 Å². The molecular formula is C16H26N2O. The number of ether oxygens (including phenoxy) is 1. The molecule has 0 saturated carbocycles. The summed E-state index contributed by atoms with van der Waals surface area (Å²) in [6, 6.07) is 8.94. The lowest BCUT2D eigenvalue weighted by atomic mass is 9.85. The number of benzene rings is 1. The second kappa shape index (κ2) is 6.04. The molecule has 0 radical (unpaired) electrons. The van der Waals surface area contributed by atoms with Gasteiger partial charge in [-0.2, -0.15) is 0 Å². The van der Waals surface area contributed by atoms with E-state index in [-0.39, 0.29) is 5.41 Å². The van der Waals surface area contributed by atoms with Crippen molar-refractivity contribution in [1.29, 1.82) is 0 Å². The molecule has 1 aliphatic rings. The van der Waals surface area contributed by atoms with Crippen molar-refractivity contribution in [2.75, 3.05) is 33.4 Å². The van der Waals surface area contributed by atoms with E-state index >= 15 is 0 Å². The minimum atomic E-state index is 0.187. The molecule has 0 unspecified atom stereocenters. The molecule has 1 aliphatic heterocycles. The zero-order valence-corrected chi connectivity index (χ0v) is 12.4. The van der Waals surface area contributed by atoms with Gasteiger partial charge in [0.2, 0.25) is 0 Å². The van der Waals surface area contributed by atoms with Gasteiger partial charge >= 0.3 is 0 Å². The lowest BCUT2D eigenvalue weighted by Gasteiger charge is -2.43. The van der Waals surface area contributed by atoms with Gasteiger partial charge in [-0.05, 0) is 24.1 Å². The number of hydrogen-bond acceptors (Lipinski definition) is 3. The Bertz CT molecular complexity index is 390. The van der Waals surface area contributed by atoms with Gasteiger partial charge in [-0.3, -0.25) is 0 Å². The first kappa shape index (κ1) is 14.5. The van der Waals surface area contributed by atoms with E-state index in [1.807, 2.05) is 0 Å². The summed E-state index contributed by atoms with van der Waals surface area (Å²) >= 11 is 0. The quantitative estimate of drug-likeness (QED) is 0.854. The van der Waals surface area contributed by atoms with Gasteiger partial charge < -0.3 is 15.4 Å². The maximum Gasteiger partial charge on any atom is 0.0569 e. The van der Waals surface area contributed by atoms with Crippen molar-refractivity contribution in [3.05, 3.63) is 35.4 Å². The Labute approximate surface area is 116 Å². The highest BCUT2D eigenvalue weighted by Crippen LogP contribution is 2.27. The summed E-state index contributed by atoms with van der Waals surface area (Å²) in [7, 11) is 2.16. The van der Waals surface area contributed by atoms with E-state index < -0.39 is 0 Å². The van der Waals surface area contributed by atoms with Crippen molar-refractivity contribution in [3.8, 4) is 0 Å². The molecule has 1 aromatic carbocycles. The average molecular weight is 262 g/mol. The zero-order valence-electron chi connectivity index (χ0n) is 12.4. The molecule has 0 amide bonds. The van der Waals surface area contributed by atoms with Crippen LogP contribution in [-0.4, -0.2) is 38.3 Å². The summed E-state index contributed by atoms with van der Waals surface area (Å²) in [5.41, 5.74) is 8.80. The Morgan fingerprint density at radius 1 is 1.26 bits per heavy atom. The van der Waals surface area contributed by atoms with Crippen LogP contribution in [0.15, 0.2) is 24.3 Å². The van der Waals surface area contributed by atoms with Crippen molar-refractivity contribution in [1.82, 2.24) is 4.90 Å². The van der Waals surface area contributed by atoms with Gasteiger partial charge in [-0.1, -0.05) is 38.1 Å². The molecule has 19 heavy (non-hydrogen) atoms. The van der Waals surface area contributed by atoms with Crippen molar-refractivity contribution in [2.24, 2.45) is 11.1 Å². The summed E-state index contributed by atoms with van der Waals surface area (Å²) in [6.45, 7) is 8.75. The number of hydrogen-bond donors (Lipinski definition) is 1. The van der Waals surface area contributed by atoms with Crippen LogP contribution in [0, 0.1) is 5.41 Å². The van der Waals surface area contributed by atoms with Gasteiger partial charge in [-0.15, -0.1) is 0 Å². The van der Waals surface area contributed by atoms with E-state index in [0.29, 0.717) is 12.5 Å². The summed E-state index contributed by atoms with van der Waals surface area (Å²) in [5.74, 6) is 0.597. The molecule has 0 aliphatic carbocycles. The number of nitrogens with zero attached hydrogens (tertiary/aromatic N) is 1. The first-order valence-electron chi connectivity index (χ1n) is 7.10. The molecule has 3 heteroatoms. The third-order valence-corrected chi connectivity index (χ3v) is 3.95. The summed E-state index contributed by atoms with van der Waals surface area (Å²) < 4.78 is 5.32. The molecule has 1 aromatic rings. The lowest BCUT2D eigenvalue weighted by Crippen LogP contribution is -2.54. The first-order valence-corrected chi connectivity index (χ1v) is 7.10. The van der Waals surface area contributed by atoms with Crippen molar-refractivity contribution < 1.29 is 4.74 Å². The maximum atomic E-state index is 5.86. The van der Waals surface area contributed by atoms with E-state index in [1.165, 1.54) is 11.1 Å². The third-order valence-electron chi connectivity index (χ3n) is 3.95. The molecule has 0 bridgehead atoms. The fourth-order valence-corrected chi connectivity index (χ4v) is 2.61. The largest absolute Gasteiger partial charge is 0.380 e. The fraction of sp³-hybridized carbons (Fsp3) is 0.625. The van der Waals surface area contributed by atoms with E-state index in [0.717, 1.165) is 26.3 Å². The smallest absolute Gasteiger partial charge is 0.0569 e. The van der Waals surface area contributed by atoms with Crippen molar-refractivity contribution >= 4 is 0 Å². The Morgan fingerprint density at radius 3 is 2.32 bits per heavy atom. The molecule has 0 aromatic heterocycles. The molecule has 1 saturated heterocycles. The first-order chi connectivity index (χ1) is 9.04. The molecule has 2 rings (SSSR count). The van der Waals surface area contributed by atoms with E-state index in [1.54, 1.807) is 0 Å². The van der Waals surface area contributed by atoms with Crippen LogP contribution >= 0.6 is 0 Å². The standard InChI is InChI=1S/C16H26N2O/c1-13(2)15-6-4-14(5-7-15)8-18(3)10-16(9-17)11-19-12-16/h4-7,13H,8-12,17H2,1-3H3. The molecule has 2 N–H and O–H groups in total. The Morgan fingerprint density at radius 2 is 1.89 bits per heavy atom. The van der Waals surface area contributed by atoms with Crippen LogP contribution < -0.4 is 5.73 Å². The normalized spacial score (nSPS) is 17.8. The molecule has 106 valence electrons. The van der Waals surface area contributed by atoms with Crippen LogP contribution in [0.4, 0.5) is 0 Å². The predicted molar refractivity (Wildman–Crippen MR) is 79.2 cm³/mol. The second-order valence-corrected chi connectivity index (χ2v) is 6.27. The van der Waals surface area contributed by atoms with Gasteiger partial charge in [0.05, 0.1) is 13.2 Å². The van der Waals surface area contributed by atoms with E-state index in [4.69, 9.17) is 10.5 Å². The monoisotopic (exact) mass is 262 g/mol. The number of rotatable bonds is 6. The van der Waals surface area contributed by atoms with Crippen molar-refractivity contribution in [2.45, 2.75) is 26.3 Å². The maximum absolute atomic E-state index is 5.86. The highest BCUT2D eigenvalue weighted by molar-refractivity contribution is 5.24. The van der Waals surface area contributed by atoms with Gasteiger partial charge in [0, 0.05) is 25.0 Å². The van der Waals surface area contributed by atoms with Crippen LogP contribution in [-0.2, 0) is 11.3 Å². The van der Waals surface area contributed by atoms with Gasteiger partial charge in [0.15, 0.2) is 0 Å². The fourth-order valence-electron chi connectivity index (χ4n) is 2.61. The SMILES string of the molecule is CC(C)c1ccc(CN(C)CC2(CN)COC2)cc1. The predicted octanol–water partition coefficient (Wildman–Crippen LogP) is 2.22. The zero-order chi connectivity index (χ0) is 13.9. The molecule has 0 atom stereocenters. The van der Waals surface area contributed by atoms with Crippen LogP contribution in [0.2, 0.25) is 0 Å². The van der Waals surface area contributed by atoms with Crippen LogP contribution in [0.1, 0.15) is 30.9 Å². The Balaban J connectivity index is 1.89. The van der Waals surface area contributed by atoms with Gasteiger partial charge in [0.25, 0.3) is 0 Å². The molecule has 1 heterocycles. The van der Waals surface area contributed by atoms with Crippen LogP contribution in [0.3, 0.4) is 0 Å². The van der Waals surface area contributed by atoms with E-state index in [2.05, 4.69) is 50.1 Å². The minimum absolute atomic E-state index is 0.187. The Hall–Kier alpha value is -0.900. The summed E-state index contributed by atoms with van der Waals surface area (Å²) in [4.78, 5) is 2.35.